The Morgan fingerprint density at radius 1 is 1.12 bits per heavy atom. The van der Waals surface area contributed by atoms with Crippen LogP contribution in [-0.4, -0.2) is 67.9 Å². The summed E-state index contributed by atoms with van der Waals surface area (Å²) in [5.41, 5.74) is -0.297. The van der Waals surface area contributed by atoms with Gasteiger partial charge in [0, 0.05) is 19.1 Å². The summed E-state index contributed by atoms with van der Waals surface area (Å²) in [6.45, 7) is 13.7. The standard InChI is InChI=1S/C16H34N4O3S/c1-9-17-14(18-10-11-24(22,23)16(5,6)7)20(8)12-13(21)19-15(2,3)4/h9-12H2,1-8H3,(H,17,18)(H,19,21). The maximum absolute atomic E-state index is 12.1. The van der Waals surface area contributed by atoms with Gasteiger partial charge in [0.1, 0.15) is 0 Å². The van der Waals surface area contributed by atoms with Gasteiger partial charge >= 0.3 is 0 Å². The summed E-state index contributed by atoms with van der Waals surface area (Å²) in [6, 6.07) is 0. The Morgan fingerprint density at radius 3 is 2.08 bits per heavy atom. The Kier molecular flexibility index (Phi) is 8.21. The first-order valence-electron chi connectivity index (χ1n) is 8.22. The van der Waals surface area contributed by atoms with Gasteiger partial charge in [-0.3, -0.25) is 9.79 Å². The predicted molar refractivity (Wildman–Crippen MR) is 100 cm³/mol. The Hall–Kier alpha value is -1.31. The van der Waals surface area contributed by atoms with Gasteiger partial charge < -0.3 is 15.5 Å². The molecule has 0 bridgehead atoms. The van der Waals surface area contributed by atoms with E-state index >= 15 is 0 Å². The molecule has 0 saturated heterocycles. The largest absolute Gasteiger partial charge is 0.357 e. The normalized spacial score (nSPS) is 13.6. The fourth-order valence-electron chi connectivity index (χ4n) is 1.80. The lowest BCUT2D eigenvalue weighted by Crippen LogP contribution is -2.48. The van der Waals surface area contributed by atoms with E-state index in [1.54, 1.807) is 32.7 Å². The van der Waals surface area contributed by atoms with Crippen LogP contribution in [0.15, 0.2) is 4.99 Å². The van der Waals surface area contributed by atoms with Gasteiger partial charge in [-0.15, -0.1) is 0 Å². The van der Waals surface area contributed by atoms with Crippen LogP contribution >= 0.6 is 0 Å². The molecule has 0 unspecified atom stereocenters. The molecule has 1 amide bonds. The summed E-state index contributed by atoms with van der Waals surface area (Å²) in [7, 11) is -1.46. The third-order valence-electron chi connectivity index (χ3n) is 3.15. The van der Waals surface area contributed by atoms with Gasteiger partial charge in [-0.2, -0.15) is 0 Å². The highest BCUT2D eigenvalue weighted by molar-refractivity contribution is 7.92. The molecule has 2 N–H and O–H groups in total. The molecular weight excluding hydrogens is 328 g/mol. The number of rotatable bonds is 6. The van der Waals surface area contributed by atoms with Crippen molar-refractivity contribution in [3.63, 3.8) is 0 Å². The average molecular weight is 363 g/mol. The maximum Gasteiger partial charge on any atom is 0.240 e. The summed E-state index contributed by atoms with van der Waals surface area (Å²) in [5, 5.41) is 5.96. The second-order valence-corrected chi connectivity index (χ2v) is 10.7. The van der Waals surface area contributed by atoms with E-state index in [1.807, 2.05) is 27.7 Å². The van der Waals surface area contributed by atoms with Crippen LogP contribution in [0.25, 0.3) is 0 Å². The number of guanidine groups is 1. The number of hydrogen-bond acceptors (Lipinski definition) is 4. The molecule has 0 aliphatic heterocycles. The maximum atomic E-state index is 12.1. The van der Waals surface area contributed by atoms with Crippen molar-refractivity contribution in [2.24, 2.45) is 4.99 Å². The number of sulfone groups is 1. The molecule has 0 fully saturated rings. The van der Waals surface area contributed by atoms with E-state index in [2.05, 4.69) is 15.6 Å². The molecule has 0 atom stereocenters. The molecule has 0 radical (unpaired) electrons. The second kappa shape index (κ2) is 8.69. The van der Waals surface area contributed by atoms with E-state index in [0.717, 1.165) is 0 Å². The number of amides is 1. The van der Waals surface area contributed by atoms with E-state index in [4.69, 9.17) is 0 Å². The average Bonchev–Trinajstić information content (AvgIpc) is 2.33. The van der Waals surface area contributed by atoms with Crippen molar-refractivity contribution in [2.75, 3.05) is 32.4 Å². The van der Waals surface area contributed by atoms with Crippen LogP contribution in [0.4, 0.5) is 0 Å². The highest BCUT2D eigenvalue weighted by Crippen LogP contribution is 2.15. The zero-order valence-corrected chi connectivity index (χ0v) is 17.2. The third-order valence-corrected chi connectivity index (χ3v) is 5.73. The van der Waals surface area contributed by atoms with E-state index in [9.17, 15) is 13.2 Å². The molecule has 8 heteroatoms. The minimum absolute atomic E-state index is 0.0204. The highest BCUT2D eigenvalue weighted by Gasteiger charge is 2.28. The number of nitrogens with one attached hydrogen (secondary N) is 2. The van der Waals surface area contributed by atoms with E-state index in [0.29, 0.717) is 12.5 Å². The fraction of sp³-hybridized carbons (Fsp3) is 0.875. The van der Waals surface area contributed by atoms with Crippen LogP contribution < -0.4 is 10.6 Å². The van der Waals surface area contributed by atoms with Gasteiger partial charge in [0.15, 0.2) is 15.8 Å². The number of aliphatic imine (C=N–C) groups is 1. The molecule has 0 saturated carbocycles. The molecule has 0 aromatic rings. The third kappa shape index (κ3) is 8.52. The lowest BCUT2D eigenvalue weighted by atomic mass is 10.1. The Morgan fingerprint density at radius 2 is 1.67 bits per heavy atom. The van der Waals surface area contributed by atoms with E-state index < -0.39 is 14.6 Å². The first-order chi connectivity index (χ1) is 10.7. The summed E-state index contributed by atoms with van der Waals surface area (Å²) < 4.78 is 23.5. The minimum Gasteiger partial charge on any atom is -0.357 e. The molecule has 7 nitrogen and oxygen atoms in total. The van der Waals surface area contributed by atoms with Crippen LogP contribution in [0.2, 0.25) is 0 Å². The van der Waals surface area contributed by atoms with Crippen molar-refractivity contribution < 1.29 is 13.2 Å². The zero-order valence-electron chi connectivity index (χ0n) is 16.4. The first-order valence-corrected chi connectivity index (χ1v) is 9.87. The summed E-state index contributed by atoms with van der Waals surface area (Å²) in [5.74, 6) is 0.386. The topological polar surface area (TPSA) is 90.9 Å². The molecule has 0 spiro atoms. The van der Waals surface area contributed by atoms with Gasteiger partial charge in [0.2, 0.25) is 5.91 Å². The summed E-state index contributed by atoms with van der Waals surface area (Å²) in [4.78, 5) is 18.0. The van der Waals surface area contributed by atoms with E-state index in [-0.39, 0.29) is 30.3 Å². The number of carbonyl (C=O) groups is 1. The van der Waals surface area contributed by atoms with Gasteiger partial charge in [-0.1, -0.05) is 0 Å². The molecule has 142 valence electrons. The summed E-state index contributed by atoms with van der Waals surface area (Å²) >= 11 is 0. The second-order valence-electron chi connectivity index (χ2n) is 7.82. The van der Waals surface area contributed by atoms with Crippen molar-refractivity contribution in [1.29, 1.82) is 0 Å². The molecule has 0 aliphatic carbocycles. The van der Waals surface area contributed by atoms with Crippen LogP contribution in [-0.2, 0) is 14.6 Å². The number of hydrogen-bond donors (Lipinski definition) is 2. The first kappa shape index (κ1) is 22.7. The van der Waals surface area contributed by atoms with Gasteiger partial charge in [0.05, 0.1) is 23.6 Å². The predicted octanol–water partition coefficient (Wildman–Crippen LogP) is 1.01. The molecule has 0 aromatic carbocycles. The van der Waals surface area contributed by atoms with Crippen LogP contribution in [0, 0.1) is 0 Å². The lowest BCUT2D eigenvalue weighted by Gasteiger charge is -2.25. The Bertz CT molecular complexity index is 543. The molecule has 0 aromatic heterocycles. The minimum atomic E-state index is -3.21. The van der Waals surface area contributed by atoms with Gasteiger partial charge in [-0.05, 0) is 48.5 Å². The number of nitrogens with zero attached hydrogens (tertiary/aromatic N) is 2. The zero-order chi connectivity index (χ0) is 19.2. The van der Waals surface area contributed by atoms with Crippen LogP contribution in [0.3, 0.4) is 0 Å². The SMILES string of the molecule is CCNC(=NCCS(=O)(=O)C(C)(C)C)N(C)CC(=O)NC(C)(C)C. The van der Waals surface area contributed by atoms with Crippen molar-refractivity contribution in [3.05, 3.63) is 0 Å². The smallest absolute Gasteiger partial charge is 0.240 e. The molecule has 24 heavy (non-hydrogen) atoms. The van der Waals surface area contributed by atoms with Crippen LogP contribution in [0.1, 0.15) is 48.5 Å². The lowest BCUT2D eigenvalue weighted by molar-refractivity contribution is -0.122. The van der Waals surface area contributed by atoms with Crippen molar-refractivity contribution in [2.45, 2.75) is 58.8 Å². The molecular formula is C16H34N4O3S. The van der Waals surface area contributed by atoms with Crippen molar-refractivity contribution in [1.82, 2.24) is 15.5 Å². The van der Waals surface area contributed by atoms with E-state index in [1.165, 1.54) is 0 Å². The Labute approximate surface area is 147 Å². The van der Waals surface area contributed by atoms with Crippen molar-refractivity contribution >= 4 is 21.7 Å². The Balaban J connectivity index is 4.87. The monoisotopic (exact) mass is 362 g/mol. The molecule has 0 aliphatic rings. The number of likely N-dealkylation sites (N-methyl/N-ethyl adjacent to an activating group) is 1. The fourth-order valence-corrected chi connectivity index (χ4v) is 2.74. The number of carbonyl (C=O) groups excluding carboxylic acids is 1. The van der Waals surface area contributed by atoms with Crippen molar-refractivity contribution in [3.8, 4) is 0 Å². The quantitative estimate of drug-likeness (QED) is 0.544. The van der Waals surface area contributed by atoms with Gasteiger partial charge in [-0.25, -0.2) is 8.42 Å². The summed E-state index contributed by atoms with van der Waals surface area (Å²) in [6.07, 6.45) is 0. The van der Waals surface area contributed by atoms with Gasteiger partial charge in [0.25, 0.3) is 0 Å². The molecule has 0 heterocycles. The van der Waals surface area contributed by atoms with Crippen LogP contribution in [0.5, 0.6) is 0 Å². The highest BCUT2D eigenvalue weighted by atomic mass is 32.2. The molecule has 0 rings (SSSR count).